The summed E-state index contributed by atoms with van der Waals surface area (Å²) in [5.41, 5.74) is 3.63. The molecule has 6 aromatic rings. The molecule has 0 amide bonds. The molecule has 1 aliphatic rings. The first-order chi connectivity index (χ1) is 25.4. The number of carboxylic acid groups (broad SMARTS) is 1. The van der Waals surface area contributed by atoms with E-state index in [-0.39, 0.29) is 23.6 Å². The molecule has 0 saturated carbocycles. The zero-order chi connectivity index (χ0) is 38.0. The van der Waals surface area contributed by atoms with E-state index in [1.165, 1.54) is 16.2 Å². The number of methoxy groups -OCH3 is 1. The lowest BCUT2D eigenvalue weighted by Crippen LogP contribution is -2.47. The summed E-state index contributed by atoms with van der Waals surface area (Å²) in [6, 6.07) is 19.8. The van der Waals surface area contributed by atoms with Crippen molar-refractivity contribution in [1.29, 1.82) is 0 Å². The Morgan fingerprint density at radius 1 is 0.906 bits per heavy atom. The van der Waals surface area contributed by atoms with Crippen LogP contribution in [0.15, 0.2) is 82.6 Å². The number of aryl methyl sites for hydroxylation is 1. The molecule has 13 nitrogen and oxygen atoms in total. The number of hydrogen-bond acceptors (Lipinski definition) is 8. The number of benzene rings is 3. The average molecular weight is 761 g/mol. The number of nitrogens with zero attached hydrogens (tertiary/aromatic N) is 7. The van der Waals surface area contributed by atoms with Gasteiger partial charge >= 0.3 is 11.7 Å². The highest BCUT2D eigenvalue weighted by Crippen LogP contribution is 2.31. The highest BCUT2D eigenvalue weighted by atomic mass is 35.5. The first-order valence-corrected chi connectivity index (χ1v) is 17.7. The molecule has 0 aliphatic carbocycles. The Balaban J connectivity index is 0.000000183. The van der Waals surface area contributed by atoms with Crippen LogP contribution in [0.4, 0.5) is 5.69 Å². The molecular weight excluding hydrogens is 721 g/mol. The maximum atomic E-state index is 13.0. The number of fused-ring (bicyclic) bond motifs is 2. The molecular formula is C38H39Cl2N7O6. The smallest absolute Gasteiger partial charge is 0.332 e. The molecule has 3 aromatic carbocycles. The largest absolute Gasteiger partial charge is 0.497 e. The number of rotatable bonds is 8. The van der Waals surface area contributed by atoms with Crippen molar-refractivity contribution in [2.75, 3.05) is 44.7 Å². The molecule has 1 fully saturated rings. The molecule has 7 rings (SSSR count). The summed E-state index contributed by atoms with van der Waals surface area (Å²) >= 11 is 12.2. The number of piperazine rings is 1. The normalized spacial score (nSPS) is 13.3. The predicted octanol–water partition coefficient (Wildman–Crippen LogP) is 4.84. The van der Waals surface area contributed by atoms with Gasteiger partial charge in [0.05, 0.1) is 36.1 Å². The number of aliphatic carboxylic acids is 1. The number of anilines is 1. The van der Waals surface area contributed by atoms with Gasteiger partial charge in [-0.1, -0.05) is 35.3 Å². The molecule has 0 spiro atoms. The molecule has 1 aliphatic heterocycles. The van der Waals surface area contributed by atoms with E-state index in [2.05, 4.69) is 20.9 Å². The summed E-state index contributed by atoms with van der Waals surface area (Å²) in [6.45, 7) is 6.88. The maximum Gasteiger partial charge on any atom is 0.332 e. The first-order valence-electron chi connectivity index (χ1n) is 16.9. The van der Waals surface area contributed by atoms with E-state index in [0.29, 0.717) is 56.2 Å². The van der Waals surface area contributed by atoms with Crippen molar-refractivity contribution in [1.82, 2.24) is 28.2 Å². The third-order valence-electron chi connectivity index (χ3n) is 9.60. The van der Waals surface area contributed by atoms with E-state index in [0.717, 1.165) is 48.0 Å². The fourth-order valence-electron chi connectivity index (χ4n) is 6.68. The molecule has 3 aromatic heterocycles. The highest BCUT2D eigenvalue weighted by Gasteiger charge is 2.23. The van der Waals surface area contributed by atoms with Crippen LogP contribution in [0.2, 0.25) is 10.0 Å². The van der Waals surface area contributed by atoms with Gasteiger partial charge in [-0.2, -0.15) is 0 Å². The molecule has 1 N–H and O–H groups in total. The number of para-hydroxylation sites is 1. The Labute approximate surface area is 314 Å². The molecule has 0 bridgehead atoms. The lowest BCUT2D eigenvalue weighted by molar-refractivity contribution is -0.136. The minimum absolute atomic E-state index is 0.170. The molecule has 53 heavy (non-hydrogen) atoms. The standard InChI is InChI=1S/C19H23ClN6O2.C19H16ClNO4/c1-22-17-16(18(27)23(2)19(22)28)26(13-21-17)12-9-24-7-10-25(11-8-24)15-6-4-3-5-14(15)20;1-11-15(10-18(22)23)16-9-14(25-2)7-8-17(16)21(11)19(24)12-3-5-13(20)6-4-12/h3-6,13H,7-12H2,1-2H3;3-9H,10H2,1-2H3,(H,22,23). The first kappa shape index (κ1) is 37.4. The number of ether oxygens (including phenoxy) is 1. The number of carbonyl (C=O) groups excluding carboxylic acids is 1. The van der Waals surface area contributed by atoms with Crippen molar-refractivity contribution < 1.29 is 19.4 Å². The van der Waals surface area contributed by atoms with Crippen LogP contribution in [0, 0.1) is 6.92 Å². The number of halogens is 2. The van der Waals surface area contributed by atoms with E-state index < -0.39 is 5.97 Å². The lowest BCUT2D eigenvalue weighted by atomic mass is 10.1. The lowest BCUT2D eigenvalue weighted by Gasteiger charge is -2.36. The van der Waals surface area contributed by atoms with Crippen LogP contribution < -0.4 is 20.9 Å². The van der Waals surface area contributed by atoms with Crippen molar-refractivity contribution >= 4 is 62.8 Å². The summed E-state index contributed by atoms with van der Waals surface area (Å²) in [4.78, 5) is 57.8. The van der Waals surface area contributed by atoms with Gasteiger partial charge in [0.15, 0.2) is 11.2 Å². The minimum atomic E-state index is -0.955. The maximum absolute atomic E-state index is 13.0. The van der Waals surface area contributed by atoms with Gasteiger partial charge in [-0.3, -0.25) is 33.0 Å². The van der Waals surface area contributed by atoms with Crippen molar-refractivity contribution in [3.05, 3.63) is 121 Å². The second kappa shape index (κ2) is 15.7. The number of carboxylic acids is 1. The zero-order valence-electron chi connectivity index (χ0n) is 29.8. The fourth-order valence-corrected chi connectivity index (χ4v) is 7.06. The van der Waals surface area contributed by atoms with E-state index in [4.69, 9.17) is 27.9 Å². The topological polar surface area (TPSA) is 137 Å². The van der Waals surface area contributed by atoms with Crippen LogP contribution in [0.1, 0.15) is 21.6 Å². The quantitative estimate of drug-likeness (QED) is 0.231. The van der Waals surface area contributed by atoms with Gasteiger partial charge in [0.1, 0.15) is 5.75 Å². The molecule has 0 atom stereocenters. The monoisotopic (exact) mass is 759 g/mol. The van der Waals surface area contributed by atoms with Gasteiger partial charge in [0.25, 0.3) is 11.5 Å². The van der Waals surface area contributed by atoms with Crippen LogP contribution in [-0.4, -0.2) is 85.0 Å². The average Bonchev–Trinajstić information content (AvgIpc) is 3.71. The Hall–Kier alpha value is -5.37. The van der Waals surface area contributed by atoms with Gasteiger partial charge in [-0.15, -0.1) is 0 Å². The summed E-state index contributed by atoms with van der Waals surface area (Å²) in [5, 5.41) is 11.3. The second-order valence-corrected chi connectivity index (χ2v) is 13.6. The van der Waals surface area contributed by atoms with Crippen LogP contribution >= 0.6 is 23.2 Å². The van der Waals surface area contributed by atoms with Crippen molar-refractivity contribution in [2.24, 2.45) is 14.1 Å². The van der Waals surface area contributed by atoms with Gasteiger partial charge in [0.2, 0.25) is 0 Å². The predicted molar refractivity (Wildman–Crippen MR) is 206 cm³/mol. The van der Waals surface area contributed by atoms with E-state index in [1.54, 1.807) is 69.9 Å². The van der Waals surface area contributed by atoms with Crippen LogP contribution in [-0.2, 0) is 31.9 Å². The molecule has 0 unspecified atom stereocenters. The Kier molecular flexibility index (Phi) is 11.1. The molecule has 1 saturated heterocycles. The van der Waals surface area contributed by atoms with Crippen LogP contribution in [0.5, 0.6) is 5.75 Å². The Morgan fingerprint density at radius 3 is 2.26 bits per heavy atom. The summed E-state index contributed by atoms with van der Waals surface area (Å²) in [5.74, 6) is -0.583. The van der Waals surface area contributed by atoms with E-state index in [1.807, 2.05) is 22.8 Å². The van der Waals surface area contributed by atoms with Gasteiger partial charge in [-0.25, -0.2) is 9.78 Å². The Bertz CT molecular complexity index is 2440. The molecule has 4 heterocycles. The zero-order valence-corrected chi connectivity index (χ0v) is 31.3. The molecule has 0 radical (unpaired) electrons. The number of hydrogen-bond donors (Lipinski definition) is 1. The second-order valence-electron chi connectivity index (χ2n) is 12.8. The van der Waals surface area contributed by atoms with E-state index in [9.17, 15) is 24.3 Å². The van der Waals surface area contributed by atoms with Gasteiger partial charge < -0.3 is 19.3 Å². The summed E-state index contributed by atoms with van der Waals surface area (Å²) in [6.07, 6.45) is 1.47. The number of carbonyl (C=O) groups is 2. The number of aromatic nitrogens is 5. The van der Waals surface area contributed by atoms with Gasteiger partial charge in [0, 0.05) is 75.0 Å². The highest BCUT2D eigenvalue weighted by molar-refractivity contribution is 6.33. The van der Waals surface area contributed by atoms with Gasteiger partial charge in [-0.05, 0) is 67.1 Å². The van der Waals surface area contributed by atoms with Crippen molar-refractivity contribution in [3.8, 4) is 5.75 Å². The molecule has 276 valence electrons. The van der Waals surface area contributed by atoms with Crippen molar-refractivity contribution in [3.63, 3.8) is 0 Å². The third-order valence-corrected chi connectivity index (χ3v) is 10.2. The van der Waals surface area contributed by atoms with Crippen molar-refractivity contribution in [2.45, 2.75) is 19.9 Å². The molecule has 15 heteroatoms. The fraction of sp³-hybridized carbons (Fsp3) is 0.289. The van der Waals surface area contributed by atoms with Crippen LogP contribution in [0.3, 0.4) is 0 Å². The van der Waals surface area contributed by atoms with Crippen LogP contribution in [0.25, 0.3) is 22.1 Å². The minimum Gasteiger partial charge on any atom is -0.497 e. The number of imidazole rings is 1. The summed E-state index contributed by atoms with van der Waals surface area (Å²) < 4.78 is 11.2. The van der Waals surface area contributed by atoms with E-state index >= 15 is 0 Å². The SMILES string of the molecule is COc1ccc2c(c1)c(CC(=O)O)c(C)n2C(=O)c1ccc(Cl)cc1.Cn1c(=O)c2c(ncn2CCN2CCN(c3ccccc3Cl)CC2)n(C)c1=O. The Morgan fingerprint density at radius 2 is 1.60 bits per heavy atom. The third kappa shape index (κ3) is 7.59. The summed E-state index contributed by atoms with van der Waals surface area (Å²) in [7, 11) is 4.67.